The predicted octanol–water partition coefficient (Wildman–Crippen LogP) is 3.07. The van der Waals surface area contributed by atoms with E-state index in [1.807, 2.05) is 11.8 Å². The molecule has 0 unspecified atom stereocenters. The standard InChI is InChI=1S/C16H27NO2S/c1-19-12-10-17-14-15-6-8-16(9-7-15)20-13-5-3-2-4-11-18/h6-9,17-18H,2-5,10-14H2,1H3. The van der Waals surface area contributed by atoms with Crippen molar-refractivity contribution in [2.45, 2.75) is 37.1 Å². The fourth-order valence-electron chi connectivity index (χ4n) is 1.87. The van der Waals surface area contributed by atoms with Gasteiger partial charge in [0.25, 0.3) is 0 Å². The Labute approximate surface area is 127 Å². The van der Waals surface area contributed by atoms with E-state index in [2.05, 4.69) is 29.6 Å². The highest BCUT2D eigenvalue weighted by molar-refractivity contribution is 7.99. The van der Waals surface area contributed by atoms with E-state index in [4.69, 9.17) is 9.84 Å². The number of hydrogen-bond donors (Lipinski definition) is 2. The Bertz CT molecular complexity index is 330. The van der Waals surface area contributed by atoms with Gasteiger partial charge in [-0.25, -0.2) is 0 Å². The summed E-state index contributed by atoms with van der Waals surface area (Å²) in [6.07, 6.45) is 4.53. The SMILES string of the molecule is COCCNCc1ccc(SCCCCCCO)cc1. The van der Waals surface area contributed by atoms with Crippen LogP contribution in [0.25, 0.3) is 0 Å². The van der Waals surface area contributed by atoms with Gasteiger partial charge < -0.3 is 15.2 Å². The van der Waals surface area contributed by atoms with Gasteiger partial charge >= 0.3 is 0 Å². The van der Waals surface area contributed by atoms with E-state index in [0.717, 1.165) is 38.3 Å². The molecule has 114 valence electrons. The first kappa shape index (κ1) is 17.5. The van der Waals surface area contributed by atoms with Gasteiger partial charge in [0.1, 0.15) is 0 Å². The summed E-state index contributed by atoms with van der Waals surface area (Å²) in [4.78, 5) is 1.34. The smallest absolute Gasteiger partial charge is 0.0587 e. The van der Waals surface area contributed by atoms with E-state index >= 15 is 0 Å². The zero-order valence-corrected chi connectivity index (χ0v) is 13.3. The number of methoxy groups -OCH3 is 1. The van der Waals surface area contributed by atoms with Crippen LogP contribution in [0.15, 0.2) is 29.2 Å². The minimum atomic E-state index is 0.326. The average Bonchev–Trinajstić information content (AvgIpc) is 2.49. The Kier molecular flexibility index (Phi) is 10.7. The van der Waals surface area contributed by atoms with Crippen molar-refractivity contribution in [2.75, 3.05) is 32.6 Å². The second kappa shape index (κ2) is 12.2. The molecule has 3 nitrogen and oxygen atoms in total. The molecule has 0 aliphatic carbocycles. The van der Waals surface area contributed by atoms with Gasteiger partial charge in [0.15, 0.2) is 0 Å². The molecule has 1 aromatic rings. The van der Waals surface area contributed by atoms with Crippen LogP contribution >= 0.6 is 11.8 Å². The molecule has 0 fully saturated rings. The molecule has 1 aromatic carbocycles. The third-order valence-electron chi connectivity index (χ3n) is 3.06. The number of aliphatic hydroxyl groups excluding tert-OH is 1. The lowest BCUT2D eigenvalue weighted by molar-refractivity contribution is 0.199. The van der Waals surface area contributed by atoms with Crippen LogP contribution in [-0.2, 0) is 11.3 Å². The van der Waals surface area contributed by atoms with Crippen molar-refractivity contribution in [1.82, 2.24) is 5.32 Å². The Morgan fingerprint density at radius 2 is 1.85 bits per heavy atom. The average molecular weight is 297 g/mol. The molecule has 20 heavy (non-hydrogen) atoms. The molecule has 0 amide bonds. The molecule has 0 aliphatic rings. The van der Waals surface area contributed by atoms with Crippen molar-refractivity contribution in [3.8, 4) is 0 Å². The Balaban J connectivity index is 2.12. The lowest BCUT2D eigenvalue weighted by atomic mass is 10.2. The number of aliphatic hydroxyl groups is 1. The van der Waals surface area contributed by atoms with Crippen LogP contribution in [0.3, 0.4) is 0 Å². The van der Waals surface area contributed by atoms with Crippen LogP contribution in [0.2, 0.25) is 0 Å². The van der Waals surface area contributed by atoms with E-state index in [-0.39, 0.29) is 0 Å². The Hall–Kier alpha value is -0.550. The first-order valence-corrected chi connectivity index (χ1v) is 8.37. The second-order valence-electron chi connectivity index (χ2n) is 4.80. The summed E-state index contributed by atoms with van der Waals surface area (Å²) in [5.41, 5.74) is 1.31. The Morgan fingerprint density at radius 3 is 2.55 bits per heavy atom. The minimum absolute atomic E-state index is 0.326. The van der Waals surface area contributed by atoms with Gasteiger partial charge in [-0.15, -0.1) is 11.8 Å². The fraction of sp³-hybridized carbons (Fsp3) is 0.625. The summed E-state index contributed by atoms with van der Waals surface area (Å²) < 4.78 is 5.00. The highest BCUT2D eigenvalue weighted by Gasteiger charge is 1.96. The molecule has 0 bridgehead atoms. The monoisotopic (exact) mass is 297 g/mol. The van der Waals surface area contributed by atoms with Crippen LogP contribution in [0.1, 0.15) is 31.2 Å². The maximum Gasteiger partial charge on any atom is 0.0587 e. The van der Waals surface area contributed by atoms with E-state index in [9.17, 15) is 0 Å². The molecular formula is C16H27NO2S. The topological polar surface area (TPSA) is 41.5 Å². The van der Waals surface area contributed by atoms with Crippen molar-refractivity contribution in [2.24, 2.45) is 0 Å². The predicted molar refractivity (Wildman–Crippen MR) is 86.3 cm³/mol. The van der Waals surface area contributed by atoms with Gasteiger partial charge in [-0.05, 0) is 36.3 Å². The van der Waals surface area contributed by atoms with Crippen LogP contribution in [-0.4, -0.2) is 37.7 Å². The van der Waals surface area contributed by atoms with Gasteiger partial charge in [-0.3, -0.25) is 0 Å². The normalized spacial score (nSPS) is 10.9. The lowest BCUT2D eigenvalue weighted by Gasteiger charge is -2.06. The number of unbranched alkanes of at least 4 members (excludes halogenated alkanes) is 3. The molecule has 0 saturated heterocycles. The summed E-state index contributed by atoms with van der Waals surface area (Å²) in [7, 11) is 1.72. The molecule has 0 heterocycles. The molecule has 4 heteroatoms. The minimum Gasteiger partial charge on any atom is -0.396 e. The van der Waals surface area contributed by atoms with Gasteiger partial charge in [-0.2, -0.15) is 0 Å². The van der Waals surface area contributed by atoms with Crippen LogP contribution in [0.4, 0.5) is 0 Å². The summed E-state index contributed by atoms with van der Waals surface area (Å²) in [6, 6.07) is 8.78. The molecular weight excluding hydrogens is 270 g/mol. The third-order valence-corrected chi connectivity index (χ3v) is 4.15. The van der Waals surface area contributed by atoms with Crippen molar-refractivity contribution in [1.29, 1.82) is 0 Å². The van der Waals surface area contributed by atoms with Crippen molar-refractivity contribution >= 4 is 11.8 Å². The molecule has 0 aromatic heterocycles. The largest absolute Gasteiger partial charge is 0.396 e. The third kappa shape index (κ3) is 8.59. The maximum absolute atomic E-state index is 8.70. The number of nitrogens with one attached hydrogen (secondary N) is 1. The van der Waals surface area contributed by atoms with E-state index < -0.39 is 0 Å². The summed E-state index contributed by atoms with van der Waals surface area (Å²) >= 11 is 1.92. The maximum atomic E-state index is 8.70. The molecule has 2 N–H and O–H groups in total. The molecule has 0 saturated carbocycles. The first-order valence-electron chi connectivity index (χ1n) is 7.39. The van der Waals surface area contributed by atoms with E-state index in [1.54, 1.807) is 7.11 Å². The van der Waals surface area contributed by atoms with E-state index in [0.29, 0.717) is 6.61 Å². The number of rotatable bonds is 12. The second-order valence-corrected chi connectivity index (χ2v) is 5.97. The molecule has 0 radical (unpaired) electrons. The summed E-state index contributed by atoms with van der Waals surface area (Å²) in [6.45, 7) is 2.87. The highest BCUT2D eigenvalue weighted by atomic mass is 32.2. The fourth-order valence-corrected chi connectivity index (χ4v) is 2.78. The van der Waals surface area contributed by atoms with Crippen molar-refractivity contribution < 1.29 is 9.84 Å². The van der Waals surface area contributed by atoms with Gasteiger partial charge in [0.05, 0.1) is 6.61 Å². The van der Waals surface area contributed by atoms with Crippen molar-refractivity contribution in [3.05, 3.63) is 29.8 Å². The Morgan fingerprint density at radius 1 is 1.10 bits per heavy atom. The quantitative estimate of drug-likeness (QED) is 0.459. The number of benzene rings is 1. The van der Waals surface area contributed by atoms with Crippen LogP contribution < -0.4 is 5.32 Å². The van der Waals surface area contributed by atoms with Crippen molar-refractivity contribution in [3.63, 3.8) is 0 Å². The highest BCUT2D eigenvalue weighted by Crippen LogP contribution is 2.20. The zero-order valence-electron chi connectivity index (χ0n) is 12.4. The molecule has 0 atom stereocenters. The number of ether oxygens (including phenoxy) is 1. The summed E-state index contributed by atoms with van der Waals surface area (Å²) in [5, 5.41) is 12.0. The lowest BCUT2D eigenvalue weighted by Crippen LogP contribution is -2.18. The first-order chi connectivity index (χ1) is 9.86. The van der Waals surface area contributed by atoms with Gasteiger partial charge in [0.2, 0.25) is 0 Å². The van der Waals surface area contributed by atoms with Crippen LogP contribution in [0, 0.1) is 0 Å². The van der Waals surface area contributed by atoms with Crippen LogP contribution in [0.5, 0.6) is 0 Å². The molecule has 1 rings (SSSR count). The van der Waals surface area contributed by atoms with E-state index in [1.165, 1.54) is 23.3 Å². The molecule has 0 spiro atoms. The zero-order chi connectivity index (χ0) is 14.5. The van der Waals surface area contributed by atoms with Gasteiger partial charge in [-0.1, -0.05) is 25.0 Å². The number of hydrogen-bond acceptors (Lipinski definition) is 4. The molecule has 0 aliphatic heterocycles. The number of thioether (sulfide) groups is 1. The summed E-state index contributed by atoms with van der Waals surface area (Å²) in [5.74, 6) is 1.16. The van der Waals surface area contributed by atoms with Gasteiger partial charge in [0, 0.05) is 31.7 Å².